The van der Waals surface area contributed by atoms with Crippen LogP contribution in [-0.2, 0) is 0 Å². The van der Waals surface area contributed by atoms with E-state index in [2.05, 4.69) is 10.3 Å². The number of nitrogens with zero attached hydrogens (tertiary/aromatic N) is 1. The molecule has 1 amide bonds. The van der Waals surface area contributed by atoms with E-state index in [0.717, 1.165) is 0 Å². The highest BCUT2D eigenvalue weighted by Crippen LogP contribution is 2.22. The van der Waals surface area contributed by atoms with Gasteiger partial charge in [-0.1, -0.05) is 11.6 Å². The monoisotopic (exact) mass is 300 g/mol. The highest BCUT2D eigenvalue weighted by molar-refractivity contribution is 6.32. The van der Waals surface area contributed by atoms with Gasteiger partial charge in [-0.05, 0) is 18.6 Å². The Balaban J connectivity index is 2.36. The molecule has 0 aliphatic heterocycles. The second-order valence-corrected chi connectivity index (χ2v) is 4.41. The van der Waals surface area contributed by atoms with E-state index in [0.29, 0.717) is 17.7 Å². The molecule has 0 spiro atoms. The number of carbonyl (C=O) groups excluding carboxylic acids is 1. The summed E-state index contributed by atoms with van der Waals surface area (Å²) in [6.07, 6.45) is 1.47. The molecule has 0 saturated heterocycles. The van der Waals surface area contributed by atoms with Crippen molar-refractivity contribution in [3.63, 3.8) is 0 Å². The van der Waals surface area contributed by atoms with Crippen molar-refractivity contribution in [2.45, 2.75) is 6.92 Å². The number of anilines is 1. The zero-order valence-electron chi connectivity index (χ0n) is 10.2. The summed E-state index contributed by atoms with van der Waals surface area (Å²) in [5.74, 6) is -4.77. The van der Waals surface area contributed by atoms with E-state index < -0.39 is 28.9 Å². The summed E-state index contributed by atoms with van der Waals surface area (Å²) < 4.78 is 39.7. The lowest BCUT2D eigenvalue weighted by molar-refractivity contribution is 0.101. The first kappa shape index (κ1) is 14.3. The van der Waals surface area contributed by atoms with Crippen molar-refractivity contribution in [2.75, 3.05) is 5.32 Å². The molecule has 3 nitrogen and oxygen atoms in total. The van der Waals surface area contributed by atoms with Gasteiger partial charge in [0.15, 0.2) is 5.15 Å². The second-order valence-electron chi connectivity index (χ2n) is 4.05. The Morgan fingerprint density at radius 1 is 1.20 bits per heavy atom. The fourth-order valence-electron chi connectivity index (χ4n) is 1.58. The van der Waals surface area contributed by atoms with Crippen LogP contribution in [0.25, 0.3) is 0 Å². The average Bonchev–Trinajstić information content (AvgIpc) is 2.32. The van der Waals surface area contributed by atoms with Crippen molar-refractivity contribution in [3.05, 3.63) is 58.1 Å². The molecule has 1 N–H and O–H groups in total. The number of carbonyl (C=O) groups is 1. The summed E-state index contributed by atoms with van der Waals surface area (Å²) >= 11 is 5.76. The van der Waals surface area contributed by atoms with Crippen LogP contribution < -0.4 is 5.32 Å². The van der Waals surface area contributed by atoms with Crippen LogP contribution in [0.1, 0.15) is 15.9 Å². The molecule has 2 rings (SSSR count). The van der Waals surface area contributed by atoms with Gasteiger partial charge in [-0.2, -0.15) is 0 Å². The molecule has 1 heterocycles. The molecule has 0 bridgehead atoms. The van der Waals surface area contributed by atoms with E-state index in [1.54, 1.807) is 6.92 Å². The van der Waals surface area contributed by atoms with Gasteiger partial charge in [0.05, 0.1) is 5.69 Å². The maximum Gasteiger partial charge on any atom is 0.261 e. The molecule has 20 heavy (non-hydrogen) atoms. The lowest BCUT2D eigenvalue weighted by atomic mass is 10.1. The molecule has 0 atom stereocenters. The van der Waals surface area contributed by atoms with Gasteiger partial charge in [0.2, 0.25) is 0 Å². The van der Waals surface area contributed by atoms with Crippen LogP contribution in [0.15, 0.2) is 24.4 Å². The minimum absolute atomic E-state index is 0.0214. The predicted octanol–water partition coefficient (Wildman–Crippen LogP) is 3.71. The van der Waals surface area contributed by atoms with E-state index in [1.165, 1.54) is 12.3 Å². The Hall–Kier alpha value is -2.08. The summed E-state index contributed by atoms with van der Waals surface area (Å²) in [6.45, 7) is 1.71. The largest absolute Gasteiger partial charge is 0.319 e. The number of hydrogen-bond donors (Lipinski definition) is 1. The van der Waals surface area contributed by atoms with Gasteiger partial charge in [0.1, 0.15) is 23.0 Å². The molecule has 0 unspecified atom stereocenters. The molecular formula is C13H8ClF3N2O. The number of aromatic nitrogens is 1. The van der Waals surface area contributed by atoms with Crippen molar-refractivity contribution in [1.82, 2.24) is 4.98 Å². The first-order valence-corrected chi connectivity index (χ1v) is 5.84. The first-order chi connectivity index (χ1) is 9.38. The summed E-state index contributed by atoms with van der Waals surface area (Å²) in [5, 5.41) is 2.21. The minimum atomic E-state index is -1.29. The topological polar surface area (TPSA) is 42.0 Å². The fourth-order valence-corrected chi connectivity index (χ4v) is 1.73. The lowest BCUT2D eigenvalue weighted by Gasteiger charge is -2.09. The highest BCUT2D eigenvalue weighted by atomic mass is 35.5. The van der Waals surface area contributed by atoms with Crippen molar-refractivity contribution in [1.29, 1.82) is 0 Å². The molecular weight excluding hydrogens is 293 g/mol. The number of halogens is 4. The van der Waals surface area contributed by atoms with E-state index in [-0.39, 0.29) is 10.8 Å². The highest BCUT2D eigenvalue weighted by Gasteiger charge is 2.20. The Bertz CT molecular complexity index is 668. The zero-order valence-corrected chi connectivity index (χ0v) is 10.9. The Morgan fingerprint density at radius 3 is 2.40 bits per heavy atom. The van der Waals surface area contributed by atoms with E-state index in [9.17, 15) is 18.0 Å². The predicted molar refractivity (Wildman–Crippen MR) is 68.3 cm³/mol. The smallest absolute Gasteiger partial charge is 0.261 e. The van der Waals surface area contributed by atoms with Gasteiger partial charge in [-0.3, -0.25) is 4.79 Å². The molecule has 1 aromatic carbocycles. The van der Waals surface area contributed by atoms with Crippen molar-refractivity contribution < 1.29 is 18.0 Å². The van der Waals surface area contributed by atoms with Gasteiger partial charge in [-0.15, -0.1) is 0 Å². The van der Waals surface area contributed by atoms with Crippen LogP contribution in [0.2, 0.25) is 5.15 Å². The zero-order chi connectivity index (χ0) is 14.9. The van der Waals surface area contributed by atoms with Gasteiger partial charge >= 0.3 is 0 Å². The summed E-state index contributed by atoms with van der Waals surface area (Å²) in [6, 6.07) is 2.34. The molecule has 0 aliphatic carbocycles. The van der Waals surface area contributed by atoms with Crippen molar-refractivity contribution in [2.24, 2.45) is 0 Å². The Kier molecular flexibility index (Phi) is 3.94. The van der Waals surface area contributed by atoms with Gasteiger partial charge in [-0.25, -0.2) is 18.2 Å². The molecule has 0 radical (unpaired) electrons. The number of aryl methyl sites for hydroxylation is 1. The normalized spacial score (nSPS) is 10.4. The SMILES string of the molecule is Cc1cnc(Cl)c(NC(=O)c2c(F)cc(F)cc2F)c1. The van der Waals surface area contributed by atoms with Gasteiger partial charge in [0.25, 0.3) is 5.91 Å². The number of benzene rings is 1. The number of hydrogen-bond acceptors (Lipinski definition) is 2. The van der Waals surface area contributed by atoms with Gasteiger partial charge in [0, 0.05) is 18.3 Å². The molecule has 104 valence electrons. The summed E-state index contributed by atoms with van der Waals surface area (Å²) in [4.78, 5) is 15.6. The van der Waals surface area contributed by atoms with Crippen LogP contribution in [-0.4, -0.2) is 10.9 Å². The third-order valence-corrected chi connectivity index (χ3v) is 2.76. The molecule has 2 aromatic rings. The van der Waals surface area contributed by atoms with Crippen LogP contribution in [0.3, 0.4) is 0 Å². The van der Waals surface area contributed by atoms with Crippen LogP contribution in [0.5, 0.6) is 0 Å². The maximum absolute atomic E-state index is 13.5. The Labute approximate surface area is 117 Å². The number of amides is 1. The van der Waals surface area contributed by atoms with E-state index in [1.807, 2.05) is 0 Å². The minimum Gasteiger partial charge on any atom is -0.319 e. The second kappa shape index (κ2) is 5.50. The van der Waals surface area contributed by atoms with Crippen LogP contribution >= 0.6 is 11.6 Å². The molecule has 1 aromatic heterocycles. The molecule has 7 heteroatoms. The van der Waals surface area contributed by atoms with Crippen molar-refractivity contribution >= 4 is 23.2 Å². The van der Waals surface area contributed by atoms with Crippen molar-refractivity contribution in [3.8, 4) is 0 Å². The first-order valence-electron chi connectivity index (χ1n) is 5.46. The number of rotatable bonds is 2. The molecule has 0 fully saturated rings. The van der Waals surface area contributed by atoms with E-state index >= 15 is 0 Å². The fraction of sp³-hybridized carbons (Fsp3) is 0.0769. The average molecular weight is 301 g/mol. The maximum atomic E-state index is 13.5. The Morgan fingerprint density at radius 2 is 1.80 bits per heavy atom. The summed E-state index contributed by atoms with van der Waals surface area (Å²) in [7, 11) is 0. The number of nitrogens with one attached hydrogen (secondary N) is 1. The van der Waals surface area contributed by atoms with E-state index in [4.69, 9.17) is 11.6 Å². The summed E-state index contributed by atoms with van der Waals surface area (Å²) in [5.41, 5.74) is -0.0754. The van der Waals surface area contributed by atoms with Gasteiger partial charge < -0.3 is 5.32 Å². The van der Waals surface area contributed by atoms with Crippen LogP contribution in [0, 0.1) is 24.4 Å². The standard InChI is InChI=1S/C13H8ClF3N2O/c1-6-2-10(12(14)18-5-6)19-13(20)11-8(16)3-7(15)4-9(11)17/h2-5H,1H3,(H,19,20). The quantitative estimate of drug-likeness (QED) is 0.859. The lowest BCUT2D eigenvalue weighted by Crippen LogP contribution is -2.16. The molecule has 0 aliphatic rings. The third-order valence-electron chi connectivity index (χ3n) is 2.46. The van der Waals surface area contributed by atoms with Crippen LogP contribution in [0.4, 0.5) is 18.9 Å². The third kappa shape index (κ3) is 2.91. The molecule has 0 saturated carbocycles. The number of pyridine rings is 1.